The van der Waals surface area contributed by atoms with Crippen LogP contribution in [0.4, 0.5) is 4.79 Å². The molecule has 0 saturated carbocycles. The predicted molar refractivity (Wildman–Crippen MR) is 107 cm³/mol. The number of ether oxygens (including phenoxy) is 1. The highest BCUT2D eigenvalue weighted by Crippen LogP contribution is 2.31. The van der Waals surface area contributed by atoms with E-state index < -0.39 is 0 Å². The number of amides is 1. The second-order valence-electron chi connectivity index (χ2n) is 6.74. The normalized spacial score (nSPS) is 16.3. The van der Waals surface area contributed by atoms with E-state index in [2.05, 4.69) is 26.1 Å². The van der Waals surface area contributed by atoms with Crippen LogP contribution in [-0.2, 0) is 17.8 Å². The highest BCUT2D eigenvalue weighted by atomic mass is 79.9. The molecule has 2 heterocycles. The number of hydrogen-bond acceptors (Lipinski definition) is 5. The Bertz CT molecular complexity index is 928. The molecule has 1 aliphatic rings. The Labute approximate surface area is 171 Å². The first kappa shape index (κ1) is 18.7. The molecule has 4 rings (SSSR count). The summed E-state index contributed by atoms with van der Waals surface area (Å²) >= 11 is 3.43. The van der Waals surface area contributed by atoms with Gasteiger partial charge in [0.05, 0.1) is 0 Å². The van der Waals surface area contributed by atoms with Gasteiger partial charge in [0.1, 0.15) is 12.6 Å². The van der Waals surface area contributed by atoms with Crippen LogP contribution in [0, 0.1) is 0 Å². The zero-order valence-corrected chi connectivity index (χ0v) is 16.8. The van der Waals surface area contributed by atoms with Crippen molar-refractivity contribution in [1.29, 1.82) is 0 Å². The molecule has 1 saturated heterocycles. The van der Waals surface area contributed by atoms with Gasteiger partial charge >= 0.3 is 6.09 Å². The first-order valence-electron chi connectivity index (χ1n) is 9.23. The number of benzene rings is 2. The smallest absolute Gasteiger partial charge is 0.410 e. The molecule has 6 nitrogen and oxygen atoms in total. The van der Waals surface area contributed by atoms with Crippen molar-refractivity contribution in [2.75, 3.05) is 6.54 Å². The van der Waals surface area contributed by atoms with E-state index in [0.717, 1.165) is 28.4 Å². The van der Waals surface area contributed by atoms with Gasteiger partial charge in [0.15, 0.2) is 5.82 Å². The summed E-state index contributed by atoms with van der Waals surface area (Å²) in [5.41, 5.74) is 2.06. The third-order valence-electron chi connectivity index (χ3n) is 4.74. The number of aromatic nitrogens is 2. The molecule has 3 aromatic rings. The molecule has 144 valence electrons. The standard InChI is InChI=1S/C21H20BrN3O3/c22-17-10-8-15(9-11-17)13-19-23-20(28-24-19)18-7-4-12-25(18)21(26)27-14-16-5-2-1-3-6-16/h1-3,5-6,8-11,18H,4,7,12-14H2. The van der Waals surface area contributed by atoms with Gasteiger partial charge in [-0.25, -0.2) is 4.79 Å². The van der Waals surface area contributed by atoms with Crippen molar-refractivity contribution in [3.63, 3.8) is 0 Å². The van der Waals surface area contributed by atoms with E-state index in [4.69, 9.17) is 9.26 Å². The molecule has 1 aromatic heterocycles. The Morgan fingerprint density at radius 3 is 2.71 bits per heavy atom. The zero-order chi connectivity index (χ0) is 19.3. The molecule has 0 radical (unpaired) electrons. The molecule has 1 unspecified atom stereocenters. The van der Waals surface area contributed by atoms with Crippen molar-refractivity contribution in [3.8, 4) is 0 Å². The van der Waals surface area contributed by atoms with Crippen LogP contribution >= 0.6 is 15.9 Å². The summed E-state index contributed by atoms with van der Waals surface area (Å²) in [6.45, 7) is 0.879. The monoisotopic (exact) mass is 441 g/mol. The Morgan fingerprint density at radius 2 is 1.93 bits per heavy atom. The molecule has 2 aromatic carbocycles. The Kier molecular flexibility index (Phi) is 5.71. The number of nitrogens with zero attached hydrogens (tertiary/aromatic N) is 3. The maximum Gasteiger partial charge on any atom is 0.410 e. The van der Waals surface area contributed by atoms with Crippen LogP contribution in [0.2, 0.25) is 0 Å². The number of likely N-dealkylation sites (tertiary alicyclic amines) is 1. The molecule has 0 N–H and O–H groups in total. The fourth-order valence-electron chi connectivity index (χ4n) is 3.30. The lowest BCUT2D eigenvalue weighted by atomic mass is 10.1. The molecule has 0 spiro atoms. The van der Waals surface area contributed by atoms with E-state index in [0.29, 0.717) is 24.7 Å². The van der Waals surface area contributed by atoms with Crippen molar-refractivity contribution in [2.45, 2.75) is 31.9 Å². The Morgan fingerprint density at radius 1 is 1.14 bits per heavy atom. The van der Waals surface area contributed by atoms with Crippen LogP contribution in [-0.4, -0.2) is 27.7 Å². The largest absolute Gasteiger partial charge is 0.445 e. The minimum atomic E-state index is -0.348. The molecule has 1 atom stereocenters. The van der Waals surface area contributed by atoms with Crippen LogP contribution in [0.5, 0.6) is 0 Å². The summed E-state index contributed by atoms with van der Waals surface area (Å²) in [4.78, 5) is 18.7. The lowest BCUT2D eigenvalue weighted by Crippen LogP contribution is -2.31. The quantitative estimate of drug-likeness (QED) is 0.563. The highest BCUT2D eigenvalue weighted by molar-refractivity contribution is 9.10. The predicted octanol–water partition coefficient (Wildman–Crippen LogP) is 4.90. The summed E-state index contributed by atoms with van der Waals surface area (Å²) in [6, 6.07) is 17.4. The zero-order valence-electron chi connectivity index (χ0n) is 15.3. The lowest BCUT2D eigenvalue weighted by molar-refractivity contribution is 0.0865. The Hall–Kier alpha value is -2.67. The highest BCUT2D eigenvalue weighted by Gasteiger charge is 2.35. The first-order valence-corrected chi connectivity index (χ1v) is 10.0. The fraction of sp³-hybridized carbons (Fsp3) is 0.286. The van der Waals surface area contributed by atoms with E-state index in [9.17, 15) is 4.79 Å². The molecule has 0 bridgehead atoms. The van der Waals surface area contributed by atoms with Crippen molar-refractivity contribution >= 4 is 22.0 Å². The van der Waals surface area contributed by atoms with Gasteiger partial charge < -0.3 is 9.26 Å². The SMILES string of the molecule is O=C(OCc1ccccc1)N1CCCC1c1nc(Cc2ccc(Br)cc2)no1. The van der Waals surface area contributed by atoms with Gasteiger partial charge in [0.25, 0.3) is 0 Å². The van der Waals surface area contributed by atoms with Crippen LogP contribution < -0.4 is 0 Å². The summed E-state index contributed by atoms with van der Waals surface area (Å²) in [5, 5.41) is 4.09. The molecule has 28 heavy (non-hydrogen) atoms. The van der Waals surface area contributed by atoms with E-state index in [1.165, 1.54) is 0 Å². The summed E-state index contributed by atoms with van der Waals surface area (Å²) in [5.74, 6) is 1.09. The first-order chi connectivity index (χ1) is 13.7. The molecule has 7 heteroatoms. The minimum Gasteiger partial charge on any atom is -0.445 e. The second-order valence-corrected chi connectivity index (χ2v) is 7.66. The van der Waals surface area contributed by atoms with E-state index in [1.807, 2.05) is 54.6 Å². The van der Waals surface area contributed by atoms with Gasteiger partial charge in [-0.3, -0.25) is 4.90 Å². The van der Waals surface area contributed by atoms with Gasteiger partial charge in [-0.2, -0.15) is 4.98 Å². The number of hydrogen-bond donors (Lipinski definition) is 0. The number of rotatable bonds is 5. The van der Waals surface area contributed by atoms with E-state index in [-0.39, 0.29) is 18.7 Å². The third kappa shape index (κ3) is 4.42. The summed E-state index contributed by atoms with van der Waals surface area (Å²) in [6.07, 6.45) is 1.91. The lowest BCUT2D eigenvalue weighted by Gasteiger charge is -2.21. The Balaban J connectivity index is 1.39. The van der Waals surface area contributed by atoms with Gasteiger partial charge in [-0.15, -0.1) is 0 Å². The maximum absolute atomic E-state index is 12.5. The van der Waals surface area contributed by atoms with Crippen molar-refractivity contribution in [2.24, 2.45) is 0 Å². The summed E-state index contributed by atoms with van der Waals surface area (Å²) < 4.78 is 12.0. The number of carbonyl (C=O) groups is 1. The number of carbonyl (C=O) groups excluding carboxylic acids is 1. The molecule has 1 aliphatic heterocycles. The van der Waals surface area contributed by atoms with Gasteiger partial charge in [-0.05, 0) is 36.1 Å². The van der Waals surface area contributed by atoms with Crippen molar-refractivity contribution in [1.82, 2.24) is 15.0 Å². The average molecular weight is 442 g/mol. The topological polar surface area (TPSA) is 68.5 Å². The van der Waals surface area contributed by atoms with Crippen molar-refractivity contribution < 1.29 is 14.1 Å². The van der Waals surface area contributed by atoms with Gasteiger partial charge in [-0.1, -0.05) is 63.6 Å². The van der Waals surface area contributed by atoms with Crippen LogP contribution in [0.25, 0.3) is 0 Å². The molecular formula is C21H20BrN3O3. The second kappa shape index (κ2) is 8.56. The number of halogens is 1. The van der Waals surface area contributed by atoms with E-state index >= 15 is 0 Å². The van der Waals surface area contributed by atoms with Gasteiger partial charge in [0, 0.05) is 17.4 Å². The van der Waals surface area contributed by atoms with Crippen LogP contribution in [0.1, 0.15) is 41.7 Å². The van der Waals surface area contributed by atoms with E-state index in [1.54, 1.807) is 4.90 Å². The minimum absolute atomic E-state index is 0.227. The molecule has 1 fully saturated rings. The fourth-order valence-corrected chi connectivity index (χ4v) is 3.57. The molecular weight excluding hydrogens is 422 g/mol. The maximum atomic E-state index is 12.5. The molecule has 0 aliphatic carbocycles. The average Bonchev–Trinajstić information content (AvgIpc) is 3.38. The third-order valence-corrected chi connectivity index (χ3v) is 5.27. The van der Waals surface area contributed by atoms with Crippen molar-refractivity contribution in [3.05, 3.63) is 81.9 Å². The van der Waals surface area contributed by atoms with Crippen LogP contribution in [0.3, 0.4) is 0 Å². The van der Waals surface area contributed by atoms with Crippen LogP contribution in [0.15, 0.2) is 63.6 Å². The molecule has 1 amide bonds. The van der Waals surface area contributed by atoms with Gasteiger partial charge in [0.2, 0.25) is 5.89 Å². The summed E-state index contributed by atoms with van der Waals surface area (Å²) in [7, 11) is 0.